The third-order valence-corrected chi connectivity index (χ3v) is 4.39. The highest BCUT2D eigenvalue weighted by atomic mass is 19.1. The van der Waals surface area contributed by atoms with E-state index >= 15 is 0 Å². The molecule has 30 heavy (non-hydrogen) atoms. The van der Waals surface area contributed by atoms with Gasteiger partial charge >= 0.3 is 6.33 Å². The molecule has 4 N–H and O–H groups in total. The third-order valence-electron chi connectivity index (χ3n) is 4.39. The van der Waals surface area contributed by atoms with Gasteiger partial charge in [0.2, 0.25) is 11.9 Å². The molecule has 1 amide bonds. The lowest BCUT2D eigenvalue weighted by molar-refractivity contribution is -0.654. The fraction of sp³-hybridized carbons (Fsp3) is 0.368. The quantitative estimate of drug-likeness (QED) is 0.485. The zero-order valence-electron chi connectivity index (χ0n) is 16.8. The van der Waals surface area contributed by atoms with Crippen molar-refractivity contribution in [3.05, 3.63) is 42.1 Å². The molecule has 3 aromatic rings. The molecule has 0 saturated heterocycles. The topological polar surface area (TPSA) is 102 Å². The molecule has 0 radical (unpaired) electrons. The predicted octanol–water partition coefficient (Wildman–Crippen LogP) is 2.66. The van der Waals surface area contributed by atoms with E-state index in [0.717, 1.165) is 0 Å². The molecule has 3 rings (SSSR count). The molecular formula is C19H23F3N7O+. The summed E-state index contributed by atoms with van der Waals surface area (Å²) in [6.45, 7) is 5.73. The summed E-state index contributed by atoms with van der Waals surface area (Å²) in [4.78, 5) is 19.9. The average molecular weight is 422 g/mol. The number of anilines is 2. The molecule has 160 valence electrons. The molecule has 0 unspecified atom stereocenters. The maximum Gasteiger partial charge on any atom is 0.311 e. The SMILES string of the molecule is CC(C)N[n+]1cnc2nc(Nc3c(F)cc(F)cc3F)n([C@H](C)CCC(N)=O)c2c1. The monoisotopic (exact) mass is 422 g/mol. The van der Waals surface area contributed by atoms with Crippen LogP contribution in [0.15, 0.2) is 24.7 Å². The number of nitrogens with one attached hydrogen (secondary N) is 2. The van der Waals surface area contributed by atoms with Crippen molar-refractivity contribution in [3.63, 3.8) is 0 Å². The van der Waals surface area contributed by atoms with Gasteiger partial charge in [-0.2, -0.15) is 4.98 Å². The fourth-order valence-electron chi connectivity index (χ4n) is 3.09. The van der Waals surface area contributed by atoms with Crippen LogP contribution in [0.1, 0.15) is 39.7 Å². The molecule has 2 heterocycles. The van der Waals surface area contributed by atoms with E-state index in [0.29, 0.717) is 29.7 Å². The molecule has 0 aliphatic heterocycles. The van der Waals surface area contributed by atoms with Crippen molar-refractivity contribution in [1.82, 2.24) is 14.5 Å². The third kappa shape index (κ3) is 4.61. The number of hydrogen-bond donors (Lipinski definition) is 3. The maximum atomic E-state index is 14.2. The summed E-state index contributed by atoms with van der Waals surface area (Å²) in [6.07, 6.45) is 3.75. The van der Waals surface area contributed by atoms with Crippen LogP contribution in [0, 0.1) is 17.5 Å². The van der Waals surface area contributed by atoms with Crippen molar-refractivity contribution >= 4 is 28.7 Å². The number of amides is 1. The van der Waals surface area contributed by atoms with Gasteiger partial charge in [0.05, 0.1) is 6.04 Å². The number of imidazole rings is 1. The van der Waals surface area contributed by atoms with Gasteiger partial charge in [-0.25, -0.2) is 13.2 Å². The molecular weight excluding hydrogens is 399 g/mol. The Kier molecular flexibility index (Phi) is 6.09. The summed E-state index contributed by atoms with van der Waals surface area (Å²) in [7, 11) is 0. The van der Waals surface area contributed by atoms with Gasteiger partial charge in [0, 0.05) is 24.6 Å². The van der Waals surface area contributed by atoms with E-state index in [2.05, 4.69) is 20.7 Å². The van der Waals surface area contributed by atoms with Crippen molar-refractivity contribution in [2.75, 3.05) is 10.7 Å². The maximum absolute atomic E-state index is 14.2. The predicted molar refractivity (Wildman–Crippen MR) is 105 cm³/mol. The van der Waals surface area contributed by atoms with Gasteiger partial charge in [-0.3, -0.25) is 10.2 Å². The van der Waals surface area contributed by atoms with Crippen LogP contribution in [-0.2, 0) is 4.79 Å². The van der Waals surface area contributed by atoms with E-state index in [1.54, 1.807) is 15.4 Å². The standard InChI is InChI=1S/C19H22F3N7O/c1-10(2)27-28-8-15-18(24-9-28)26-19(29(15)11(3)4-5-16(23)30)25-17-13(21)6-12(20)7-14(17)22/h6-11,27H,4-5H2,1-3H3,(H2,23,30)/p+1/t11-/m1/s1. The Balaban J connectivity index is 2.10. The van der Waals surface area contributed by atoms with Crippen LogP contribution >= 0.6 is 0 Å². The number of carbonyl (C=O) groups is 1. The number of nitrogens with two attached hydrogens (primary N) is 1. The minimum atomic E-state index is -1.10. The van der Waals surface area contributed by atoms with Crippen LogP contribution in [0.25, 0.3) is 11.2 Å². The van der Waals surface area contributed by atoms with E-state index in [9.17, 15) is 18.0 Å². The molecule has 8 nitrogen and oxygen atoms in total. The number of primary amides is 1. The van der Waals surface area contributed by atoms with Gasteiger partial charge in [0.15, 0.2) is 17.2 Å². The van der Waals surface area contributed by atoms with Crippen LogP contribution in [0.2, 0.25) is 0 Å². The van der Waals surface area contributed by atoms with Gasteiger partial charge in [-0.15, -0.1) is 4.68 Å². The van der Waals surface area contributed by atoms with E-state index < -0.39 is 29.0 Å². The molecule has 11 heteroatoms. The molecule has 0 aliphatic rings. The largest absolute Gasteiger partial charge is 0.370 e. The first-order chi connectivity index (χ1) is 14.2. The summed E-state index contributed by atoms with van der Waals surface area (Å²) in [5.74, 6) is -3.59. The van der Waals surface area contributed by atoms with Crippen molar-refractivity contribution in [2.24, 2.45) is 5.73 Å². The average Bonchev–Trinajstić information content (AvgIpc) is 2.99. The number of aromatic nitrogens is 4. The molecule has 1 atom stereocenters. The summed E-state index contributed by atoms with van der Waals surface area (Å²) in [6, 6.07) is 0.965. The Labute approximate surface area is 170 Å². The number of halogens is 3. The van der Waals surface area contributed by atoms with Crippen LogP contribution in [0.3, 0.4) is 0 Å². The number of hydrogen-bond acceptors (Lipinski definition) is 5. The molecule has 0 fully saturated rings. The van der Waals surface area contributed by atoms with E-state index in [4.69, 9.17) is 5.73 Å². The number of carbonyl (C=O) groups excluding carboxylic acids is 1. The van der Waals surface area contributed by atoms with Gasteiger partial charge in [-0.1, -0.05) is 0 Å². The Morgan fingerprint density at radius 2 is 1.90 bits per heavy atom. The van der Waals surface area contributed by atoms with E-state index in [1.165, 1.54) is 6.33 Å². The highest BCUT2D eigenvalue weighted by Gasteiger charge is 2.23. The fourth-order valence-corrected chi connectivity index (χ4v) is 3.09. The first-order valence-electron chi connectivity index (χ1n) is 9.41. The second kappa shape index (κ2) is 8.56. The van der Waals surface area contributed by atoms with Crippen molar-refractivity contribution in [2.45, 2.75) is 45.7 Å². The van der Waals surface area contributed by atoms with Crippen molar-refractivity contribution in [1.29, 1.82) is 0 Å². The first kappa shape index (κ1) is 21.3. The second-order valence-corrected chi connectivity index (χ2v) is 7.30. The Bertz CT molecular complexity index is 1060. The van der Waals surface area contributed by atoms with Gasteiger partial charge < -0.3 is 15.6 Å². The zero-order valence-corrected chi connectivity index (χ0v) is 16.8. The Hall–Kier alpha value is -3.37. The van der Waals surface area contributed by atoms with Crippen molar-refractivity contribution < 1.29 is 22.6 Å². The number of nitrogens with zero attached hydrogens (tertiary/aromatic N) is 4. The van der Waals surface area contributed by atoms with E-state index in [-0.39, 0.29) is 24.5 Å². The molecule has 0 bridgehead atoms. The number of benzene rings is 1. The van der Waals surface area contributed by atoms with Gasteiger partial charge in [-0.05, 0) is 32.2 Å². The molecule has 0 spiro atoms. The Morgan fingerprint density at radius 1 is 1.23 bits per heavy atom. The Morgan fingerprint density at radius 3 is 2.50 bits per heavy atom. The van der Waals surface area contributed by atoms with Crippen LogP contribution in [0.5, 0.6) is 0 Å². The van der Waals surface area contributed by atoms with Crippen LogP contribution < -0.4 is 21.2 Å². The van der Waals surface area contributed by atoms with E-state index in [1.807, 2.05) is 20.8 Å². The highest BCUT2D eigenvalue weighted by Crippen LogP contribution is 2.29. The second-order valence-electron chi connectivity index (χ2n) is 7.30. The number of fused-ring (bicyclic) bond motifs is 1. The van der Waals surface area contributed by atoms with Crippen LogP contribution in [0.4, 0.5) is 24.8 Å². The van der Waals surface area contributed by atoms with Crippen molar-refractivity contribution in [3.8, 4) is 0 Å². The molecule has 1 aromatic carbocycles. The minimum Gasteiger partial charge on any atom is -0.370 e. The smallest absolute Gasteiger partial charge is 0.311 e. The normalized spacial score (nSPS) is 12.4. The lowest BCUT2D eigenvalue weighted by Crippen LogP contribution is -2.48. The summed E-state index contributed by atoms with van der Waals surface area (Å²) in [5.41, 5.74) is 8.77. The molecule has 2 aromatic heterocycles. The number of rotatable bonds is 8. The molecule has 0 saturated carbocycles. The van der Waals surface area contributed by atoms with Gasteiger partial charge in [0.1, 0.15) is 17.7 Å². The first-order valence-corrected chi connectivity index (χ1v) is 9.41. The summed E-state index contributed by atoms with van der Waals surface area (Å²) < 4.78 is 44.9. The van der Waals surface area contributed by atoms with Crippen LogP contribution in [-0.4, -0.2) is 26.5 Å². The highest BCUT2D eigenvalue weighted by molar-refractivity contribution is 5.75. The zero-order chi connectivity index (χ0) is 22.0. The summed E-state index contributed by atoms with van der Waals surface area (Å²) >= 11 is 0. The lowest BCUT2D eigenvalue weighted by atomic mass is 10.1. The minimum absolute atomic E-state index is 0.0983. The molecule has 0 aliphatic carbocycles. The van der Waals surface area contributed by atoms with Gasteiger partial charge in [0.25, 0.3) is 5.65 Å². The summed E-state index contributed by atoms with van der Waals surface area (Å²) in [5, 5.41) is 2.60. The lowest BCUT2D eigenvalue weighted by Gasteiger charge is -2.17.